The molecule has 0 aliphatic carbocycles. The number of carbonyl (C=O) groups is 3. The molecule has 7 rings (SSSR count). The third kappa shape index (κ3) is 4.89. The predicted octanol–water partition coefficient (Wildman–Crippen LogP) is 3.13. The lowest BCUT2D eigenvalue weighted by Crippen LogP contribution is -2.52. The van der Waals surface area contributed by atoms with Crippen molar-refractivity contribution in [2.45, 2.75) is 63.6 Å². The summed E-state index contributed by atoms with van der Waals surface area (Å²) in [5.74, 6) is -1.35. The normalized spacial score (nSPS) is 24.9. The molecule has 222 valence electrons. The van der Waals surface area contributed by atoms with Crippen molar-refractivity contribution in [1.29, 1.82) is 0 Å². The first-order chi connectivity index (χ1) is 20.3. The maximum atomic E-state index is 15.4. The molecular weight excluding hydrogens is 535 g/mol. The lowest BCUT2D eigenvalue weighted by Gasteiger charge is -2.42. The zero-order valence-corrected chi connectivity index (χ0v) is 24.0. The fraction of sp³-hybridized carbons (Fsp3) is 0.531. The molecule has 0 saturated carbocycles. The molecule has 42 heavy (non-hydrogen) atoms. The number of piperidine rings is 3. The number of benzene rings is 2. The second-order valence-electron chi connectivity index (χ2n) is 12.9. The van der Waals surface area contributed by atoms with E-state index in [0.717, 1.165) is 70.6 Å². The van der Waals surface area contributed by atoms with E-state index in [4.69, 9.17) is 5.73 Å². The number of likely N-dealkylation sites (tertiary alicyclic amines) is 1. The van der Waals surface area contributed by atoms with Crippen molar-refractivity contribution in [3.8, 4) is 0 Å². The average molecular weight is 575 g/mol. The Morgan fingerprint density at radius 3 is 2.31 bits per heavy atom. The van der Waals surface area contributed by atoms with Crippen molar-refractivity contribution in [3.63, 3.8) is 0 Å². The zero-order chi connectivity index (χ0) is 29.0. The van der Waals surface area contributed by atoms with Crippen molar-refractivity contribution < 1.29 is 18.8 Å². The van der Waals surface area contributed by atoms with Crippen molar-refractivity contribution in [3.05, 3.63) is 53.3 Å². The second-order valence-corrected chi connectivity index (χ2v) is 12.9. The third-order valence-electron chi connectivity index (χ3n) is 10.5. The lowest BCUT2D eigenvalue weighted by molar-refractivity contribution is -0.136. The van der Waals surface area contributed by atoms with Gasteiger partial charge < -0.3 is 20.4 Å². The number of rotatable bonds is 4. The molecule has 0 bridgehead atoms. The first-order valence-electron chi connectivity index (χ1n) is 15.4. The monoisotopic (exact) mass is 574 g/mol. The number of nitrogens with one attached hydrogen (secondary N) is 1. The summed E-state index contributed by atoms with van der Waals surface area (Å²) in [4.78, 5) is 46.0. The van der Waals surface area contributed by atoms with Gasteiger partial charge in [0.2, 0.25) is 11.8 Å². The van der Waals surface area contributed by atoms with Crippen LogP contribution in [0.1, 0.15) is 60.9 Å². The predicted molar refractivity (Wildman–Crippen MR) is 159 cm³/mol. The lowest BCUT2D eigenvalue weighted by atomic mass is 9.77. The summed E-state index contributed by atoms with van der Waals surface area (Å²) in [5, 5.41) is 2.32. The summed E-state index contributed by atoms with van der Waals surface area (Å²) < 4.78 is 15.4. The molecule has 4 fully saturated rings. The molecule has 0 radical (unpaired) electrons. The number of imide groups is 1. The Morgan fingerprint density at radius 2 is 1.60 bits per heavy atom. The van der Waals surface area contributed by atoms with E-state index >= 15 is 4.39 Å². The minimum absolute atomic E-state index is 0.190. The van der Waals surface area contributed by atoms with Gasteiger partial charge in [-0.05, 0) is 92.4 Å². The van der Waals surface area contributed by atoms with E-state index in [0.29, 0.717) is 29.3 Å². The second kappa shape index (κ2) is 10.6. The molecule has 2 aromatic carbocycles. The number of halogens is 1. The van der Waals surface area contributed by atoms with Gasteiger partial charge >= 0.3 is 0 Å². The van der Waals surface area contributed by atoms with Crippen LogP contribution in [0.3, 0.4) is 0 Å². The van der Waals surface area contributed by atoms with E-state index in [2.05, 4.69) is 32.1 Å². The van der Waals surface area contributed by atoms with Crippen LogP contribution < -0.4 is 20.9 Å². The first kappa shape index (κ1) is 27.2. The molecule has 1 atom stereocenters. The minimum atomic E-state index is -0.695. The van der Waals surface area contributed by atoms with Crippen LogP contribution in [0, 0.1) is 11.2 Å². The van der Waals surface area contributed by atoms with Crippen molar-refractivity contribution in [2.75, 3.05) is 54.8 Å². The third-order valence-corrected chi connectivity index (χ3v) is 10.5. The number of nitrogens with two attached hydrogens (primary N) is 1. The summed E-state index contributed by atoms with van der Waals surface area (Å²) in [6.45, 7) is 6.08. The molecule has 3 amide bonds. The Bertz CT molecular complexity index is 1400. The molecule has 1 spiro atoms. The van der Waals surface area contributed by atoms with Gasteiger partial charge in [-0.1, -0.05) is 0 Å². The summed E-state index contributed by atoms with van der Waals surface area (Å²) >= 11 is 0. The largest absolute Gasteiger partial charge is 0.399 e. The van der Waals surface area contributed by atoms with Gasteiger partial charge in [-0.15, -0.1) is 0 Å². The molecule has 5 aliphatic rings. The van der Waals surface area contributed by atoms with Gasteiger partial charge in [-0.3, -0.25) is 24.6 Å². The molecule has 10 heteroatoms. The summed E-state index contributed by atoms with van der Waals surface area (Å²) in [5.41, 5.74) is 9.73. The van der Waals surface area contributed by atoms with E-state index in [1.165, 1.54) is 23.1 Å². The zero-order valence-electron chi connectivity index (χ0n) is 24.0. The molecule has 5 heterocycles. The Morgan fingerprint density at radius 1 is 0.881 bits per heavy atom. The van der Waals surface area contributed by atoms with Gasteiger partial charge in [0.25, 0.3) is 5.91 Å². The van der Waals surface area contributed by atoms with Crippen LogP contribution in [0.15, 0.2) is 36.4 Å². The van der Waals surface area contributed by atoms with Crippen LogP contribution in [0.4, 0.5) is 21.5 Å². The number of fused-ring (bicyclic) bond motifs is 1. The fourth-order valence-electron chi connectivity index (χ4n) is 7.90. The van der Waals surface area contributed by atoms with Gasteiger partial charge in [0.05, 0.1) is 5.69 Å². The van der Waals surface area contributed by atoms with Gasteiger partial charge in [0.1, 0.15) is 11.9 Å². The molecule has 1 unspecified atom stereocenters. The van der Waals surface area contributed by atoms with Crippen LogP contribution in [0.25, 0.3) is 0 Å². The van der Waals surface area contributed by atoms with Crippen molar-refractivity contribution in [2.24, 2.45) is 5.41 Å². The SMILES string of the molecule is Nc1ccc(N2CCC(N3CCC4(CCN(c5cc6c(cc5F)CN(C5CCC(=O)NC5=O)C6=O)CC4)C3)CC2)cc1. The number of nitrogens with zero attached hydrogens (tertiary/aromatic N) is 4. The Kier molecular flexibility index (Phi) is 6.84. The maximum absolute atomic E-state index is 15.4. The summed E-state index contributed by atoms with van der Waals surface area (Å²) in [7, 11) is 0. The molecular formula is C32H39FN6O3. The minimum Gasteiger partial charge on any atom is -0.399 e. The smallest absolute Gasteiger partial charge is 0.255 e. The van der Waals surface area contributed by atoms with Crippen LogP contribution in [0.5, 0.6) is 0 Å². The van der Waals surface area contributed by atoms with E-state index in [9.17, 15) is 14.4 Å². The quantitative estimate of drug-likeness (QED) is 0.427. The average Bonchev–Trinajstić information content (AvgIpc) is 3.54. The Hall–Kier alpha value is -3.66. The van der Waals surface area contributed by atoms with Crippen LogP contribution in [-0.2, 0) is 16.1 Å². The van der Waals surface area contributed by atoms with Gasteiger partial charge in [0.15, 0.2) is 0 Å². The number of amides is 3. The summed E-state index contributed by atoms with van der Waals surface area (Å²) in [6, 6.07) is 11.2. The molecule has 2 aromatic rings. The van der Waals surface area contributed by atoms with Crippen LogP contribution in [-0.4, -0.2) is 78.9 Å². The summed E-state index contributed by atoms with van der Waals surface area (Å²) in [6.07, 6.45) is 6.04. The Labute approximate surface area is 245 Å². The maximum Gasteiger partial charge on any atom is 0.255 e. The molecule has 0 aromatic heterocycles. The van der Waals surface area contributed by atoms with E-state index in [-0.39, 0.29) is 36.0 Å². The number of hydrogen-bond acceptors (Lipinski definition) is 7. The molecule has 9 nitrogen and oxygen atoms in total. The standard InChI is InChI=1S/C32H39FN6O3/c33-26-17-21-19-39(27-5-6-29(40)35-30(27)41)31(42)25(21)18-28(26)37-14-9-32(10-15-37)11-16-38(20-32)24-7-12-36(13-8-24)23-3-1-22(34)2-4-23/h1-4,17-18,24,27H,5-16,19-20,34H2,(H,35,40,41). The highest BCUT2D eigenvalue weighted by atomic mass is 19.1. The first-order valence-corrected chi connectivity index (χ1v) is 15.4. The molecule has 5 aliphatic heterocycles. The van der Waals surface area contributed by atoms with E-state index < -0.39 is 11.9 Å². The highest BCUT2D eigenvalue weighted by Crippen LogP contribution is 2.44. The van der Waals surface area contributed by atoms with Gasteiger partial charge in [-0.2, -0.15) is 0 Å². The highest BCUT2D eigenvalue weighted by Gasteiger charge is 2.44. The van der Waals surface area contributed by atoms with Gasteiger partial charge in [-0.25, -0.2) is 4.39 Å². The van der Waals surface area contributed by atoms with Crippen molar-refractivity contribution in [1.82, 2.24) is 15.1 Å². The van der Waals surface area contributed by atoms with E-state index in [1.54, 1.807) is 6.07 Å². The van der Waals surface area contributed by atoms with Crippen molar-refractivity contribution >= 4 is 34.8 Å². The fourth-order valence-corrected chi connectivity index (χ4v) is 7.90. The van der Waals surface area contributed by atoms with Crippen LogP contribution in [0.2, 0.25) is 0 Å². The highest BCUT2D eigenvalue weighted by molar-refractivity contribution is 6.05. The number of carbonyl (C=O) groups excluding carboxylic acids is 3. The van der Waals surface area contributed by atoms with Crippen LogP contribution >= 0.6 is 0 Å². The Balaban J connectivity index is 0.958. The van der Waals surface area contributed by atoms with E-state index in [1.807, 2.05) is 12.1 Å². The number of nitrogen functional groups attached to an aromatic ring is 1. The number of hydrogen-bond donors (Lipinski definition) is 2. The van der Waals surface area contributed by atoms with Gasteiger partial charge in [0, 0.05) is 68.7 Å². The molecule has 3 N–H and O–H groups in total. The molecule has 4 saturated heterocycles. The number of anilines is 3. The topological polar surface area (TPSA) is 102 Å².